The molecule has 0 spiro atoms. The number of hydrogen-bond donors (Lipinski definition) is 2. The van der Waals surface area contributed by atoms with Crippen LogP contribution >= 0.6 is 0 Å². The largest absolute Gasteiger partial charge is 0.390 e. The van der Waals surface area contributed by atoms with Crippen molar-refractivity contribution in [1.29, 1.82) is 0 Å². The molecule has 1 saturated heterocycles. The summed E-state index contributed by atoms with van der Waals surface area (Å²) in [6.07, 6.45) is 3.37. The van der Waals surface area contributed by atoms with E-state index in [2.05, 4.69) is 41.4 Å². The van der Waals surface area contributed by atoms with E-state index in [1.165, 1.54) is 24.0 Å². The first-order chi connectivity index (χ1) is 9.29. The van der Waals surface area contributed by atoms with Crippen molar-refractivity contribution in [2.75, 3.05) is 26.2 Å². The highest BCUT2D eigenvalue weighted by Crippen LogP contribution is 2.09. The van der Waals surface area contributed by atoms with Crippen molar-refractivity contribution in [2.45, 2.75) is 38.8 Å². The molecule has 0 aliphatic carbocycles. The van der Waals surface area contributed by atoms with Crippen LogP contribution in [-0.4, -0.2) is 42.3 Å². The van der Waals surface area contributed by atoms with Gasteiger partial charge in [-0.2, -0.15) is 0 Å². The quantitative estimate of drug-likeness (QED) is 0.786. The zero-order valence-electron chi connectivity index (χ0n) is 11.9. The second-order valence-corrected chi connectivity index (χ2v) is 5.41. The van der Waals surface area contributed by atoms with Crippen LogP contribution in [0.25, 0.3) is 0 Å². The number of likely N-dealkylation sites (tertiary alicyclic amines) is 1. The number of aryl methyl sites for hydroxylation is 1. The fourth-order valence-corrected chi connectivity index (χ4v) is 2.78. The van der Waals surface area contributed by atoms with Gasteiger partial charge in [-0.15, -0.1) is 0 Å². The summed E-state index contributed by atoms with van der Waals surface area (Å²) in [4.78, 5) is 2.35. The van der Waals surface area contributed by atoms with Gasteiger partial charge in [0.25, 0.3) is 0 Å². The molecule has 1 aliphatic heterocycles. The predicted molar refractivity (Wildman–Crippen MR) is 79.2 cm³/mol. The average molecular weight is 262 g/mol. The first kappa shape index (κ1) is 14.5. The molecule has 2 rings (SSSR count). The molecule has 19 heavy (non-hydrogen) atoms. The van der Waals surface area contributed by atoms with E-state index in [0.717, 1.165) is 32.6 Å². The van der Waals surface area contributed by atoms with Crippen molar-refractivity contribution in [3.63, 3.8) is 0 Å². The van der Waals surface area contributed by atoms with E-state index in [9.17, 15) is 5.11 Å². The van der Waals surface area contributed by atoms with Crippen LogP contribution in [-0.2, 0) is 13.0 Å². The smallest absolute Gasteiger partial charge is 0.0791 e. The van der Waals surface area contributed by atoms with E-state index in [4.69, 9.17) is 0 Å². The topological polar surface area (TPSA) is 35.5 Å². The third-order valence-corrected chi connectivity index (χ3v) is 3.86. The molecule has 0 bridgehead atoms. The van der Waals surface area contributed by atoms with E-state index in [0.29, 0.717) is 6.54 Å². The van der Waals surface area contributed by atoms with Crippen molar-refractivity contribution in [3.05, 3.63) is 35.4 Å². The Hall–Kier alpha value is -0.900. The van der Waals surface area contributed by atoms with Crippen molar-refractivity contribution in [2.24, 2.45) is 0 Å². The normalized spacial score (nSPS) is 17.8. The predicted octanol–water partition coefficient (Wildman–Crippen LogP) is 1.80. The third kappa shape index (κ3) is 4.60. The number of aliphatic hydroxyl groups is 1. The number of nitrogens with zero attached hydrogens (tertiary/aromatic N) is 1. The van der Waals surface area contributed by atoms with Crippen molar-refractivity contribution in [1.82, 2.24) is 10.2 Å². The fourth-order valence-electron chi connectivity index (χ4n) is 2.78. The van der Waals surface area contributed by atoms with E-state index in [-0.39, 0.29) is 6.10 Å². The SMILES string of the molecule is CCc1ccccc1CNCC(O)CN1CCCC1. The first-order valence-corrected chi connectivity index (χ1v) is 7.47. The molecule has 1 unspecified atom stereocenters. The minimum atomic E-state index is -0.258. The van der Waals surface area contributed by atoms with Crippen LogP contribution in [0, 0.1) is 0 Å². The lowest BCUT2D eigenvalue weighted by Crippen LogP contribution is -2.36. The lowest BCUT2D eigenvalue weighted by molar-refractivity contribution is 0.123. The van der Waals surface area contributed by atoms with Gasteiger partial charge in [-0.1, -0.05) is 31.2 Å². The summed E-state index contributed by atoms with van der Waals surface area (Å²) < 4.78 is 0. The molecule has 0 amide bonds. The fraction of sp³-hybridized carbons (Fsp3) is 0.625. The van der Waals surface area contributed by atoms with Crippen molar-refractivity contribution < 1.29 is 5.11 Å². The molecule has 0 radical (unpaired) electrons. The van der Waals surface area contributed by atoms with Crippen LogP contribution in [0.5, 0.6) is 0 Å². The van der Waals surface area contributed by atoms with Gasteiger partial charge in [-0.25, -0.2) is 0 Å². The Bertz CT molecular complexity index is 375. The van der Waals surface area contributed by atoms with E-state index in [1.807, 2.05) is 0 Å². The zero-order valence-corrected chi connectivity index (χ0v) is 11.9. The Morgan fingerprint density at radius 2 is 1.89 bits per heavy atom. The molecule has 0 saturated carbocycles. The first-order valence-electron chi connectivity index (χ1n) is 7.47. The number of hydrogen-bond acceptors (Lipinski definition) is 3. The van der Waals surface area contributed by atoms with Gasteiger partial charge in [0.2, 0.25) is 0 Å². The molecule has 1 aromatic rings. The molecule has 2 N–H and O–H groups in total. The summed E-state index contributed by atoms with van der Waals surface area (Å²) in [6.45, 7) is 6.81. The second-order valence-electron chi connectivity index (χ2n) is 5.41. The summed E-state index contributed by atoms with van der Waals surface area (Å²) in [5.41, 5.74) is 2.74. The maximum atomic E-state index is 10.0. The molecule has 1 aromatic carbocycles. The summed E-state index contributed by atoms with van der Waals surface area (Å²) in [5.74, 6) is 0. The second kappa shape index (κ2) is 7.63. The molecule has 1 atom stereocenters. The number of aliphatic hydroxyl groups excluding tert-OH is 1. The van der Waals surface area contributed by atoms with Crippen molar-refractivity contribution in [3.8, 4) is 0 Å². The Morgan fingerprint density at radius 1 is 1.21 bits per heavy atom. The Kier molecular flexibility index (Phi) is 5.83. The molecule has 1 fully saturated rings. The molecular formula is C16H26N2O. The molecule has 0 aromatic heterocycles. The van der Waals surface area contributed by atoms with Gasteiger partial charge in [0.05, 0.1) is 6.10 Å². The molecule has 106 valence electrons. The van der Waals surface area contributed by atoms with Gasteiger partial charge in [0, 0.05) is 19.6 Å². The zero-order chi connectivity index (χ0) is 13.5. The summed E-state index contributed by atoms with van der Waals surface area (Å²) in [5, 5.41) is 13.4. The standard InChI is InChI=1S/C16H26N2O/c1-2-14-7-3-4-8-15(14)11-17-12-16(19)13-18-9-5-6-10-18/h3-4,7-8,16-17,19H,2,5-6,9-13H2,1H3. The Balaban J connectivity index is 1.70. The maximum Gasteiger partial charge on any atom is 0.0791 e. The van der Waals surface area contributed by atoms with E-state index >= 15 is 0 Å². The van der Waals surface area contributed by atoms with Gasteiger partial charge < -0.3 is 15.3 Å². The monoisotopic (exact) mass is 262 g/mol. The van der Waals surface area contributed by atoms with Gasteiger partial charge in [-0.3, -0.25) is 0 Å². The van der Waals surface area contributed by atoms with Gasteiger partial charge in [-0.05, 0) is 43.5 Å². The van der Waals surface area contributed by atoms with Crippen LogP contribution in [0.2, 0.25) is 0 Å². The number of benzene rings is 1. The minimum absolute atomic E-state index is 0.258. The minimum Gasteiger partial charge on any atom is -0.390 e. The van der Waals surface area contributed by atoms with Gasteiger partial charge >= 0.3 is 0 Å². The van der Waals surface area contributed by atoms with Crippen LogP contribution in [0.4, 0.5) is 0 Å². The summed E-state index contributed by atoms with van der Waals surface area (Å²) in [7, 11) is 0. The lowest BCUT2D eigenvalue weighted by Gasteiger charge is -2.19. The van der Waals surface area contributed by atoms with Crippen LogP contribution in [0.1, 0.15) is 30.9 Å². The molecule has 1 heterocycles. The highest BCUT2D eigenvalue weighted by Gasteiger charge is 2.15. The van der Waals surface area contributed by atoms with E-state index < -0.39 is 0 Å². The average Bonchev–Trinajstić information content (AvgIpc) is 2.92. The van der Waals surface area contributed by atoms with Gasteiger partial charge in [0.15, 0.2) is 0 Å². The number of rotatable bonds is 7. The van der Waals surface area contributed by atoms with Crippen LogP contribution < -0.4 is 5.32 Å². The van der Waals surface area contributed by atoms with Crippen LogP contribution in [0.15, 0.2) is 24.3 Å². The maximum absolute atomic E-state index is 10.0. The Morgan fingerprint density at radius 3 is 2.58 bits per heavy atom. The molecular weight excluding hydrogens is 236 g/mol. The summed E-state index contributed by atoms with van der Waals surface area (Å²) in [6, 6.07) is 8.51. The van der Waals surface area contributed by atoms with Crippen LogP contribution in [0.3, 0.4) is 0 Å². The number of nitrogens with one attached hydrogen (secondary N) is 1. The third-order valence-electron chi connectivity index (χ3n) is 3.86. The lowest BCUT2D eigenvalue weighted by atomic mass is 10.1. The highest BCUT2D eigenvalue weighted by molar-refractivity contribution is 5.26. The molecule has 1 aliphatic rings. The molecule has 3 heteroatoms. The Labute approximate surface area is 116 Å². The highest BCUT2D eigenvalue weighted by atomic mass is 16.3. The van der Waals surface area contributed by atoms with Gasteiger partial charge in [0.1, 0.15) is 0 Å². The van der Waals surface area contributed by atoms with E-state index in [1.54, 1.807) is 0 Å². The number of β-amino-alcohol motifs (C(OH)–C–C–N with tert-alkyl or cyclic N) is 1. The summed E-state index contributed by atoms with van der Waals surface area (Å²) >= 11 is 0. The molecule has 3 nitrogen and oxygen atoms in total. The van der Waals surface area contributed by atoms with Crippen molar-refractivity contribution >= 4 is 0 Å².